The average Bonchev–Trinajstić information content (AvgIpc) is 2.45. The third-order valence-corrected chi connectivity index (χ3v) is 3.75. The van der Waals surface area contributed by atoms with Gasteiger partial charge in [-0.2, -0.15) is 13.2 Å². The second-order valence-electron chi connectivity index (χ2n) is 5.48. The number of piperidine rings is 1. The number of nitrogens with zero attached hydrogens (tertiary/aromatic N) is 1. The first-order chi connectivity index (χ1) is 10.3. The summed E-state index contributed by atoms with van der Waals surface area (Å²) < 4.78 is 37.5. The maximum Gasteiger partial charge on any atom is 0.416 e. The highest BCUT2D eigenvalue weighted by Crippen LogP contribution is 2.30. The van der Waals surface area contributed by atoms with Crippen LogP contribution in [-0.2, 0) is 11.0 Å². The van der Waals surface area contributed by atoms with Crippen LogP contribution >= 0.6 is 0 Å². The summed E-state index contributed by atoms with van der Waals surface area (Å²) in [7, 11) is 0. The molecule has 0 aliphatic carbocycles. The molecule has 1 aromatic carbocycles. The number of halogens is 3. The van der Waals surface area contributed by atoms with E-state index in [0.717, 1.165) is 18.6 Å². The van der Waals surface area contributed by atoms with Crippen molar-refractivity contribution in [2.24, 2.45) is 11.7 Å². The molecule has 0 spiro atoms. The Morgan fingerprint density at radius 2 is 1.86 bits per heavy atom. The number of likely N-dealkylation sites (tertiary alicyclic amines) is 1. The zero-order valence-electron chi connectivity index (χ0n) is 11.9. The van der Waals surface area contributed by atoms with E-state index >= 15 is 0 Å². The molecule has 7 heteroatoms. The number of Topliss-reactive ketones (excluding diaryl/α,β-unsaturated/α-hetero) is 1. The number of benzene rings is 1. The lowest BCUT2D eigenvalue weighted by atomic mass is 9.89. The summed E-state index contributed by atoms with van der Waals surface area (Å²) >= 11 is 0. The molecule has 1 unspecified atom stereocenters. The first-order valence-corrected chi connectivity index (χ1v) is 6.99. The number of ketones is 1. The molecule has 1 aromatic rings. The van der Waals surface area contributed by atoms with Gasteiger partial charge in [-0.15, -0.1) is 0 Å². The normalized spacial score (nSPS) is 19.9. The Morgan fingerprint density at radius 3 is 2.41 bits per heavy atom. The van der Waals surface area contributed by atoms with E-state index in [4.69, 9.17) is 5.73 Å². The quantitative estimate of drug-likeness (QED) is 0.866. The third kappa shape index (κ3) is 4.07. The van der Waals surface area contributed by atoms with E-state index in [1.54, 1.807) is 4.90 Å². The molecule has 4 nitrogen and oxygen atoms in total. The van der Waals surface area contributed by atoms with Crippen LogP contribution in [0.1, 0.15) is 28.8 Å². The van der Waals surface area contributed by atoms with E-state index in [1.165, 1.54) is 12.1 Å². The maximum absolute atomic E-state index is 12.5. The van der Waals surface area contributed by atoms with Crippen molar-refractivity contribution in [3.63, 3.8) is 0 Å². The minimum Gasteiger partial charge on any atom is -0.369 e. The molecule has 1 aliphatic heterocycles. The molecule has 1 heterocycles. The predicted molar refractivity (Wildman–Crippen MR) is 74.1 cm³/mol. The standard InChI is InChI=1S/C15H17F3N2O2/c16-15(17,18)12-5-3-10(4-6-12)14(22)11-2-1-7-20(8-11)9-13(19)21/h3-6,11H,1-2,7-9H2,(H2,19,21). The van der Waals surface area contributed by atoms with Crippen LogP contribution in [0.25, 0.3) is 0 Å². The van der Waals surface area contributed by atoms with Crippen LogP contribution in [0.15, 0.2) is 24.3 Å². The zero-order valence-corrected chi connectivity index (χ0v) is 11.9. The molecule has 1 atom stereocenters. The Morgan fingerprint density at radius 1 is 1.23 bits per heavy atom. The molecule has 2 rings (SSSR count). The molecule has 0 bridgehead atoms. The Labute approximate surface area is 126 Å². The first kappa shape index (κ1) is 16.5. The van der Waals surface area contributed by atoms with Crippen molar-refractivity contribution < 1.29 is 22.8 Å². The summed E-state index contributed by atoms with van der Waals surface area (Å²) in [5.41, 5.74) is 4.63. The zero-order chi connectivity index (χ0) is 16.3. The van der Waals surface area contributed by atoms with Gasteiger partial charge in [0.1, 0.15) is 0 Å². The van der Waals surface area contributed by atoms with Crippen LogP contribution in [0.3, 0.4) is 0 Å². The SMILES string of the molecule is NC(=O)CN1CCCC(C(=O)c2ccc(C(F)(F)F)cc2)C1. The number of amides is 1. The largest absolute Gasteiger partial charge is 0.416 e. The molecule has 1 amide bonds. The van der Waals surface area contributed by atoms with Crippen molar-refractivity contribution in [3.8, 4) is 0 Å². The van der Waals surface area contributed by atoms with Gasteiger partial charge in [0.25, 0.3) is 0 Å². The number of carbonyl (C=O) groups is 2. The van der Waals surface area contributed by atoms with Crippen molar-refractivity contribution in [2.45, 2.75) is 19.0 Å². The van der Waals surface area contributed by atoms with Gasteiger partial charge in [0, 0.05) is 18.0 Å². The molecule has 1 aliphatic rings. The number of rotatable bonds is 4. The van der Waals surface area contributed by atoms with Gasteiger partial charge >= 0.3 is 6.18 Å². The summed E-state index contributed by atoms with van der Waals surface area (Å²) in [6, 6.07) is 4.24. The lowest BCUT2D eigenvalue weighted by Gasteiger charge is -2.31. The van der Waals surface area contributed by atoms with Crippen LogP contribution in [0.2, 0.25) is 0 Å². The van der Waals surface area contributed by atoms with Gasteiger partial charge in [-0.1, -0.05) is 12.1 Å². The fourth-order valence-electron chi connectivity index (χ4n) is 2.69. The number of primary amides is 1. The second-order valence-corrected chi connectivity index (χ2v) is 5.48. The van der Waals surface area contributed by atoms with Gasteiger partial charge in [0.2, 0.25) is 5.91 Å². The van der Waals surface area contributed by atoms with Crippen molar-refractivity contribution >= 4 is 11.7 Å². The Balaban J connectivity index is 2.06. The number of carbonyl (C=O) groups excluding carboxylic acids is 2. The molecule has 2 N–H and O–H groups in total. The van der Waals surface area contributed by atoms with Gasteiger partial charge < -0.3 is 5.73 Å². The van der Waals surface area contributed by atoms with Crippen molar-refractivity contribution in [1.82, 2.24) is 4.90 Å². The summed E-state index contributed by atoms with van der Waals surface area (Å²) in [5.74, 6) is -0.963. The van der Waals surface area contributed by atoms with E-state index in [0.29, 0.717) is 19.5 Å². The smallest absolute Gasteiger partial charge is 0.369 e. The van der Waals surface area contributed by atoms with Crippen molar-refractivity contribution in [1.29, 1.82) is 0 Å². The molecule has 22 heavy (non-hydrogen) atoms. The summed E-state index contributed by atoms with van der Waals surface area (Å²) in [6.07, 6.45) is -3.00. The first-order valence-electron chi connectivity index (χ1n) is 6.99. The van der Waals surface area contributed by atoms with E-state index in [2.05, 4.69) is 0 Å². The maximum atomic E-state index is 12.5. The molecule has 1 fully saturated rings. The second kappa shape index (κ2) is 6.48. The van der Waals surface area contributed by atoms with Gasteiger partial charge in [-0.25, -0.2) is 0 Å². The van der Waals surface area contributed by atoms with Gasteiger partial charge in [0.15, 0.2) is 5.78 Å². The highest BCUT2D eigenvalue weighted by atomic mass is 19.4. The number of hydrogen-bond donors (Lipinski definition) is 1. The average molecular weight is 314 g/mol. The van der Waals surface area contributed by atoms with Crippen LogP contribution in [0.5, 0.6) is 0 Å². The minimum atomic E-state index is -4.41. The number of nitrogens with two attached hydrogens (primary N) is 1. The van der Waals surface area contributed by atoms with E-state index in [-0.39, 0.29) is 23.8 Å². The Kier molecular flexibility index (Phi) is 4.85. The topological polar surface area (TPSA) is 63.4 Å². The number of alkyl halides is 3. The van der Waals surface area contributed by atoms with Crippen LogP contribution < -0.4 is 5.73 Å². The Hall–Kier alpha value is -1.89. The predicted octanol–water partition coefficient (Wildman–Crippen LogP) is 2.09. The molecule has 0 aromatic heterocycles. The van der Waals surface area contributed by atoms with E-state index in [1.807, 2.05) is 0 Å². The highest BCUT2D eigenvalue weighted by molar-refractivity contribution is 5.98. The molecular formula is C15H17F3N2O2. The van der Waals surface area contributed by atoms with Crippen LogP contribution in [0, 0.1) is 5.92 Å². The fraction of sp³-hybridized carbons (Fsp3) is 0.467. The number of hydrogen-bond acceptors (Lipinski definition) is 3. The van der Waals surface area contributed by atoms with E-state index in [9.17, 15) is 22.8 Å². The lowest BCUT2D eigenvalue weighted by Crippen LogP contribution is -2.42. The fourth-order valence-corrected chi connectivity index (χ4v) is 2.69. The molecular weight excluding hydrogens is 297 g/mol. The lowest BCUT2D eigenvalue weighted by molar-refractivity contribution is -0.137. The monoisotopic (exact) mass is 314 g/mol. The Bertz CT molecular complexity index is 555. The molecule has 0 radical (unpaired) electrons. The van der Waals surface area contributed by atoms with Crippen molar-refractivity contribution in [3.05, 3.63) is 35.4 Å². The van der Waals surface area contributed by atoms with Crippen LogP contribution in [0.4, 0.5) is 13.2 Å². The van der Waals surface area contributed by atoms with Gasteiger partial charge in [-0.3, -0.25) is 14.5 Å². The highest BCUT2D eigenvalue weighted by Gasteiger charge is 2.31. The summed E-state index contributed by atoms with van der Waals surface area (Å²) in [4.78, 5) is 25.1. The van der Waals surface area contributed by atoms with Crippen LogP contribution in [-0.4, -0.2) is 36.2 Å². The third-order valence-electron chi connectivity index (χ3n) is 3.75. The minimum absolute atomic E-state index is 0.0940. The molecule has 0 saturated carbocycles. The van der Waals surface area contributed by atoms with Gasteiger partial charge in [-0.05, 0) is 31.5 Å². The summed E-state index contributed by atoms with van der Waals surface area (Å²) in [5, 5.41) is 0. The van der Waals surface area contributed by atoms with Crippen molar-refractivity contribution in [2.75, 3.05) is 19.6 Å². The van der Waals surface area contributed by atoms with Gasteiger partial charge in [0.05, 0.1) is 12.1 Å². The molecule has 120 valence electrons. The summed E-state index contributed by atoms with van der Waals surface area (Å²) in [6.45, 7) is 1.19. The van der Waals surface area contributed by atoms with E-state index < -0.39 is 17.6 Å². The molecule has 1 saturated heterocycles.